The molecule has 0 aliphatic carbocycles. The summed E-state index contributed by atoms with van der Waals surface area (Å²) in [6.45, 7) is 4.63. The van der Waals surface area contributed by atoms with Crippen molar-refractivity contribution in [3.8, 4) is 22.6 Å². The molecule has 0 bridgehead atoms. The van der Waals surface area contributed by atoms with Gasteiger partial charge in [-0.05, 0) is 57.9 Å². The monoisotopic (exact) mass is 326 g/mol. The molecule has 0 saturated heterocycles. The molecular weight excluding hydrogens is 300 g/mol. The molecule has 1 aliphatic heterocycles. The van der Waals surface area contributed by atoms with Crippen LogP contribution in [0.4, 0.5) is 0 Å². The fourth-order valence-electron chi connectivity index (χ4n) is 4.24. The van der Waals surface area contributed by atoms with E-state index in [2.05, 4.69) is 50.2 Å². The van der Waals surface area contributed by atoms with Gasteiger partial charge in [0, 0.05) is 0 Å². The van der Waals surface area contributed by atoms with Crippen molar-refractivity contribution in [1.82, 2.24) is 0 Å². The Bertz CT molecular complexity index is 647. The minimum absolute atomic E-state index is 0.940. The number of fused-ring (bicyclic) bond motifs is 3. The van der Waals surface area contributed by atoms with Crippen LogP contribution in [0.3, 0.4) is 0 Å². The van der Waals surface area contributed by atoms with Crippen molar-refractivity contribution in [1.29, 1.82) is 0 Å². The van der Waals surface area contributed by atoms with E-state index in [1.54, 1.807) is 24.6 Å². The van der Waals surface area contributed by atoms with Gasteiger partial charge in [-0.2, -0.15) is 0 Å². The van der Waals surface area contributed by atoms with Crippen LogP contribution in [-0.2, 0) is 0 Å². The Kier molecular flexibility index (Phi) is 4.49. The summed E-state index contributed by atoms with van der Waals surface area (Å²) in [4.78, 5) is 0. The molecule has 0 aromatic heterocycles. The fourth-order valence-corrected chi connectivity index (χ4v) is 9.82. The van der Waals surface area contributed by atoms with Crippen LogP contribution in [0.25, 0.3) is 11.1 Å². The van der Waals surface area contributed by atoms with Gasteiger partial charge in [-0.15, -0.1) is 0 Å². The molecule has 0 amide bonds. The first-order valence-corrected chi connectivity index (χ1v) is 11.0. The minimum atomic E-state index is -1.66. The molecule has 0 atom stereocenters. The maximum atomic E-state index is 5.48. The van der Waals surface area contributed by atoms with E-state index in [-0.39, 0.29) is 0 Å². The molecule has 0 unspecified atom stereocenters. The maximum absolute atomic E-state index is 5.48. The highest BCUT2D eigenvalue weighted by Gasteiger charge is 2.44. The Labute approximate surface area is 140 Å². The quantitative estimate of drug-likeness (QED) is 0.745. The van der Waals surface area contributed by atoms with Crippen LogP contribution in [-0.4, -0.2) is 22.3 Å². The van der Waals surface area contributed by atoms with E-state index in [9.17, 15) is 0 Å². The summed E-state index contributed by atoms with van der Waals surface area (Å²) < 4.78 is 11.0. The maximum Gasteiger partial charge on any atom is 0.119 e. The van der Waals surface area contributed by atoms with Crippen molar-refractivity contribution in [3.05, 3.63) is 36.4 Å². The van der Waals surface area contributed by atoms with Gasteiger partial charge >= 0.3 is 0 Å². The molecule has 2 nitrogen and oxygen atoms in total. The summed E-state index contributed by atoms with van der Waals surface area (Å²) in [5.74, 6) is 1.88. The summed E-state index contributed by atoms with van der Waals surface area (Å²) in [6, 6.07) is 16.0. The fraction of sp³-hybridized carbons (Fsp3) is 0.400. The van der Waals surface area contributed by atoms with Crippen molar-refractivity contribution in [2.75, 3.05) is 14.2 Å². The molecule has 1 aliphatic rings. The highest BCUT2D eigenvalue weighted by molar-refractivity contribution is 7.05. The molecule has 23 heavy (non-hydrogen) atoms. The van der Waals surface area contributed by atoms with Gasteiger partial charge in [0.25, 0.3) is 0 Å². The van der Waals surface area contributed by atoms with Crippen LogP contribution < -0.4 is 19.8 Å². The second kappa shape index (κ2) is 6.40. The Morgan fingerprint density at radius 2 is 1.17 bits per heavy atom. The summed E-state index contributed by atoms with van der Waals surface area (Å²) in [5.41, 5.74) is 2.73. The first kappa shape index (κ1) is 16.1. The van der Waals surface area contributed by atoms with Crippen molar-refractivity contribution in [3.63, 3.8) is 0 Å². The molecular formula is C20H26O2Si. The number of hydrogen-bond acceptors (Lipinski definition) is 2. The first-order chi connectivity index (χ1) is 11.2. The minimum Gasteiger partial charge on any atom is -0.497 e. The van der Waals surface area contributed by atoms with E-state index >= 15 is 0 Å². The number of ether oxygens (including phenoxy) is 2. The molecule has 0 saturated carbocycles. The van der Waals surface area contributed by atoms with Gasteiger partial charge in [-0.1, -0.05) is 38.8 Å². The second-order valence-corrected chi connectivity index (χ2v) is 10.6. The molecule has 3 rings (SSSR count). The number of hydrogen-bond donors (Lipinski definition) is 0. The second-order valence-electron chi connectivity index (χ2n) is 6.41. The van der Waals surface area contributed by atoms with E-state index in [4.69, 9.17) is 9.47 Å². The van der Waals surface area contributed by atoms with E-state index in [1.165, 1.54) is 36.1 Å². The predicted octanol–water partition coefficient (Wildman–Crippen LogP) is 4.07. The van der Waals surface area contributed by atoms with Gasteiger partial charge in [-0.25, -0.2) is 0 Å². The Balaban J connectivity index is 2.28. The molecule has 2 aromatic carbocycles. The largest absolute Gasteiger partial charge is 0.497 e. The molecule has 3 heteroatoms. The van der Waals surface area contributed by atoms with E-state index in [1.807, 2.05) is 0 Å². The topological polar surface area (TPSA) is 18.5 Å². The zero-order chi connectivity index (χ0) is 16.4. The molecule has 0 radical (unpaired) electrons. The molecule has 122 valence electrons. The van der Waals surface area contributed by atoms with Crippen LogP contribution >= 0.6 is 0 Å². The summed E-state index contributed by atoms with van der Waals surface area (Å²) in [5, 5.41) is 3.18. The summed E-state index contributed by atoms with van der Waals surface area (Å²) >= 11 is 0. The van der Waals surface area contributed by atoms with Crippen molar-refractivity contribution < 1.29 is 9.47 Å². The molecule has 1 heterocycles. The Hall–Kier alpha value is -1.74. The molecule has 0 N–H and O–H groups in total. The van der Waals surface area contributed by atoms with Crippen molar-refractivity contribution in [2.24, 2.45) is 0 Å². The average molecular weight is 327 g/mol. The highest BCUT2D eigenvalue weighted by Crippen LogP contribution is 2.37. The van der Waals surface area contributed by atoms with Gasteiger partial charge < -0.3 is 9.47 Å². The predicted molar refractivity (Wildman–Crippen MR) is 100 cm³/mol. The van der Waals surface area contributed by atoms with E-state index < -0.39 is 8.07 Å². The zero-order valence-electron chi connectivity index (χ0n) is 14.6. The lowest BCUT2D eigenvalue weighted by Crippen LogP contribution is -2.54. The van der Waals surface area contributed by atoms with Crippen LogP contribution in [0.1, 0.15) is 26.7 Å². The molecule has 0 spiro atoms. The van der Waals surface area contributed by atoms with Crippen molar-refractivity contribution >= 4 is 18.4 Å². The third-order valence-corrected chi connectivity index (χ3v) is 10.8. The molecule has 0 fully saturated rings. The number of methoxy groups -OCH3 is 2. The van der Waals surface area contributed by atoms with E-state index in [0.717, 1.165) is 11.5 Å². The Morgan fingerprint density at radius 3 is 1.52 bits per heavy atom. The normalized spacial score (nSPS) is 14.3. The van der Waals surface area contributed by atoms with Gasteiger partial charge in [0.2, 0.25) is 0 Å². The molecule has 2 aromatic rings. The lowest BCUT2D eigenvalue weighted by atomic mass is 10.1. The summed E-state index contributed by atoms with van der Waals surface area (Å²) in [7, 11) is 1.83. The third kappa shape index (κ3) is 2.47. The number of rotatable bonds is 6. The highest BCUT2D eigenvalue weighted by atomic mass is 28.3. The summed E-state index contributed by atoms with van der Waals surface area (Å²) in [6.07, 6.45) is 2.48. The van der Waals surface area contributed by atoms with Crippen molar-refractivity contribution in [2.45, 2.75) is 38.8 Å². The lowest BCUT2D eigenvalue weighted by molar-refractivity contribution is 0.414. The SMILES string of the molecule is CCC[Si]1(CCC)c2ccc(OC)cc2-c2cc(OC)ccc21. The third-order valence-electron chi connectivity index (χ3n) is 5.13. The lowest BCUT2D eigenvalue weighted by Gasteiger charge is -2.29. The number of benzene rings is 2. The van der Waals surface area contributed by atoms with Gasteiger partial charge in [0.15, 0.2) is 0 Å². The van der Waals surface area contributed by atoms with Crippen LogP contribution in [0, 0.1) is 0 Å². The van der Waals surface area contributed by atoms with Gasteiger partial charge in [0.1, 0.15) is 19.6 Å². The van der Waals surface area contributed by atoms with Crippen LogP contribution in [0.5, 0.6) is 11.5 Å². The standard InChI is InChI=1S/C20H26O2Si/c1-5-11-23(12-6-2)19-9-7-15(21-3)13-17(19)18-14-16(22-4)8-10-20(18)23/h7-10,13-14H,5-6,11-12H2,1-4H3. The van der Waals surface area contributed by atoms with Crippen LogP contribution in [0.15, 0.2) is 36.4 Å². The smallest absolute Gasteiger partial charge is 0.119 e. The van der Waals surface area contributed by atoms with Crippen LogP contribution in [0.2, 0.25) is 12.1 Å². The first-order valence-electron chi connectivity index (χ1n) is 8.57. The van der Waals surface area contributed by atoms with Gasteiger partial charge in [0.05, 0.1) is 14.2 Å². The average Bonchev–Trinajstić information content (AvgIpc) is 2.85. The van der Waals surface area contributed by atoms with E-state index in [0.29, 0.717) is 0 Å². The Morgan fingerprint density at radius 1 is 0.739 bits per heavy atom. The van der Waals surface area contributed by atoms with Gasteiger partial charge in [-0.3, -0.25) is 0 Å². The zero-order valence-corrected chi connectivity index (χ0v) is 15.6.